The molecule has 0 radical (unpaired) electrons. The van der Waals surface area contributed by atoms with Crippen molar-refractivity contribution in [1.29, 1.82) is 0 Å². The van der Waals surface area contributed by atoms with Crippen molar-refractivity contribution in [3.05, 3.63) is 12.0 Å². The average Bonchev–Trinajstić information content (AvgIpc) is 2.91. The van der Waals surface area contributed by atoms with Crippen LogP contribution < -0.4 is 4.90 Å². The molecule has 0 spiro atoms. The molecule has 1 fully saturated rings. The largest absolute Gasteiger partial charge is 0.461 e. The van der Waals surface area contributed by atoms with Gasteiger partial charge in [-0.3, -0.25) is 0 Å². The minimum absolute atomic E-state index is 0.256. The van der Waals surface area contributed by atoms with Gasteiger partial charge in [-0.25, -0.2) is 4.79 Å². The van der Waals surface area contributed by atoms with Crippen LogP contribution in [-0.2, 0) is 4.74 Å². The Balaban J connectivity index is 2.08. The molecule has 106 valence electrons. The SMILES string of the molecule is CCOC(=O)c1coc(N(CC)C2CCCCC2)n1. The van der Waals surface area contributed by atoms with Gasteiger partial charge in [0.25, 0.3) is 6.01 Å². The second kappa shape index (κ2) is 6.59. The summed E-state index contributed by atoms with van der Waals surface area (Å²) in [6.07, 6.45) is 7.56. The quantitative estimate of drug-likeness (QED) is 0.767. The molecule has 0 aromatic carbocycles. The first-order valence-corrected chi connectivity index (χ1v) is 7.15. The predicted molar refractivity (Wildman–Crippen MR) is 72.4 cm³/mol. The van der Waals surface area contributed by atoms with Crippen LogP contribution in [0.4, 0.5) is 6.01 Å². The highest BCUT2D eigenvalue weighted by molar-refractivity contribution is 5.87. The molecule has 1 aromatic rings. The number of hydrogen-bond donors (Lipinski definition) is 0. The zero-order valence-electron chi connectivity index (χ0n) is 11.7. The van der Waals surface area contributed by atoms with E-state index in [9.17, 15) is 4.79 Å². The molecule has 0 amide bonds. The number of carbonyl (C=O) groups excluding carboxylic acids is 1. The summed E-state index contributed by atoms with van der Waals surface area (Å²) < 4.78 is 10.4. The monoisotopic (exact) mass is 266 g/mol. The lowest BCUT2D eigenvalue weighted by Gasteiger charge is -2.32. The molecule has 0 N–H and O–H groups in total. The molecule has 1 saturated carbocycles. The Kier molecular flexibility index (Phi) is 4.82. The van der Waals surface area contributed by atoms with E-state index >= 15 is 0 Å². The molecular formula is C14H22N2O3. The number of ether oxygens (including phenoxy) is 1. The molecule has 1 heterocycles. The van der Waals surface area contributed by atoms with Crippen molar-refractivity contribution < 1.29 is 13.9 Å². The summed E-state index contributed by atoms with van der Waals surface area (Å²) >= 11 is 0. The minimum Gasteiger partial charge on any atom is -0.461 e. The first-order chi connectivity index (χ1) is 9.26. The number of carbonyl (C=O) groups is 1. The molecular weight excluding hydrogens is 244 g/mol. The zero-order chi connectivity index (χ0) is 13.7. The van der Waals surface area contributed by atoms with Gasteiger partial charge >= 0.3 is 5.97 Å². The summed E-state index contributed by atoms with van der Waals surface area (Å²) in [7, 11) is 0. The summed E-state index contributed by atoms with van der Waals surface area (Å²) in [4.78, 5) is 18.0. The minimum atomic E-state index is -0.419. The van der Waals surface area contributed by atoms with Gasteiger partial charge in [0.1, 0.15) is 6.26 Å². The van der Waals surface area contributed by atoms with E-state index in [0.29, 0.717) is 18.7 Å². The van der Waals surface area contributed by atoms with Crippen LogP contribution in [0.5, 0.6) is 0 Å². The maximum absolute atomic E-state index is 11.6. The summed E-state index contributed by atoms with van der Waals surface area (Å²) in [5, 5.41) is 0. The molecule has 0 saturated heterocycles. The van der Waals surface area contributed by atoms with E-state index in [1.54, 1.807) is 6.92 Å². The molecule has 19 heavy (non-hydrogen) atoms. The fourth-order valence-electron chi connectivity index (χ4n) is 2.64. The van der Waals surface area contributed by atoms with Gasteiger partial charge < -0.3 is 14.1 Å². The number of anilines is 1. The number of esters is 1. The lowest BCUT2D eigenvalue weighted by atomic mass is 9.94. The van der Waals surface area contributed by atoms with Gasteiger partial charge in [0.15, 0.2) is 5.69 Å². The van der Waals surface area contributed by atoms with Crippen molar-refractivity contribution in [3.63, 3.8) is 0 Å². The van der Waals surface area contributed by atoms with Crippen LogP contribution in [0.3, 0.4) is 0 Å². The van der Waals surface area contributed by atoms with E-state index in [0.717, 1.165) is 6.54 Å². The predicted octanol–water partition coefficient (Wildman–Crippen LogP) is 3.01. The van der Waals surface area contributed by atoms with Gasteiger partial charge in [0.05, 0.1) is 6.61 Å². The summed E-state index contributed by atoms with van der Waals surface area (Å²) in [6.45, 7) is 5.05. The lowest BCUT2D eigenvalue weighted by Crippen LogP contribution is -2.36. The van der Waals surface area contributed by atoms with Gasteiger partial charge in [-0.05, 0) is 26.7 Å². The first-order valence-electron chi connectivity index (χ1n) is 7.15. The Morgan fingerprint density at radius 1 is 1.42 bits per heavy atom. The van der Waals surface area contributed by atoms with E-state index in [-0.39, 0.29) is 5.69 Å². The number of oxazole rings is 1. The van der Waals surface area contributed by atoms with Crippen LogP contribution in [0.25, 0.3) is 0 Å². The van der Waals surface area contributed by atoms with E-state index in [2.05, 4.69) is 16.8 Å². The molecule has 1 aromatic heterocycles. The number of aromatic nitrogens is 1. The third-order valence-electron chi connectivity index (χ3n) is 3.58. The van der Waals surface area contributed by atoms with Gasteiger partial charge in [0, 0.05) is 12.6 Å². The Morgan fingerprint density at radius 2 is 2.16 bits per heavy atom. The summed E-state index contributed by atoms with van der Waals surface area (Å²) in [6, 6.07) is 1.02. The molecule has 2 rings (SSSR count). The molecule has 1 aliphatic carbocycles. The Bertz CT molecular complexity index is 411. The molecule has 5 heteroatoms. The van der Waals surface area contributed by atoms with E-state index < -0.39 is 5.97 Å². The molecule has 1 aliphatic rings. The standard InChI is InChI=1S/C14H22N2O3/c1-3-16(11-8-6-5-7-9-11)14-15-12(10-19-14)13(17)18-4-2/h10-11H,3-9H2,1-2H3. The smallest absolute Gasteiger partial charge is 0.360 e. The topological polar surface area (TPSA) is 55.6 Å². The number of hydrogen-bond acceptors (Lipinski definition) is 5. The maximum Gasteiger partial charge on any atom is 0.360 e. The summed E-state index contributed by atoms with van der Waals surface area (Å²) in [5.41, 5.74) is 0.256. The fraction of sp³-hybridized carbons (Fsp3) is 0.714. The molecule has 0 atom stereocenters. The zero-order valence-corrected chi connectivity index (χ0v) is 11.7. The fourth-order valence-corrected chi connectivity index (χ4v) is 2.64. The van der Waals surface area contributed by atoms with Crippen molar-refractivity contribution in [3.8, 4) is 0 Å². The third kappa shape index (κ3) is 3.28. The average molecular weight is 266 g/mol. The van der Waals surface area contributed by atoms with Crippen LogP contribution in [0.1, 0.15) is 56.4 Å². The van der Waals surface area contributed by atoms with Crippen molar-refractivity contribution in [2.24, 2.45) is 0 Å². The number of nitrogens with zero attached hydrogens (tertiary/aromatic N) is 2. The Morgan fingerprint density at radius 3 is 2.79 bits per heavy atom. The van der Waals surface area contributed by atoms with Gasteiger partial charge in [-0.1, -0.05) is 19.3 Å². The Hall–Kier alpha value is -1.52. The van der Waals surface area contributed by atoms with Gasteiger partial charge in [-0.15, -0.1) is 0 Å². The van der Waals surface area contributed by atoms with Crippen molar-refractivity contribution in [2.75, 3.05) is 18.1 Å². The Labute approximate surface area is 113 Å². The van der Waals surface area contributed by atoms with Crippen LogP contribution in [0, 0.1) is 0 Å². The molecule has 0 unspecified atom stereocenters. The second-order valence-corrected chi connectivity index (χ2v) is 4.81. The number of rotatable bonds is 5. The molecule has 0 bridgehead atoms. The molecule has 0 aliphatic heterocycles. The highest BCUT2D eigenvalue weighted by Crippen LogP contribution is 2.26. The highest BCUT2D eigenvalue weighted by atomic mass is 16.5. The summed E-state index contributed by atoms with van der Waals surface area (Å²) in [5.74, 6) is -0.419. The highest BCUT2D eigenvalue weighted by Gasteiger charge is 2.24. The van der Waals surface area contributed by atoms with E-state index in [1.165, 1.54) is 38.4 Å². The van der Waals surface area contributed by atoms with Crippen molar-refractivity contribution in [1.82, 2.24) is 4.98 Å². The normalized spacial score (nSPS) is 16.3. The van der Waals surface area contributed by atoms with E-state index in [4.69, 9.17) is 9.15 Å². The van der Waals surface area contributed by atoms with E-state index in [1.807, 2.05) is 0 Å². The van der Waals surface area contributed by atoms with Crippen molar-refractivity contribution >= 4 is 12.0 Å². The van der Waals surface area contributed by atoms with Gasteiger partial charge in [0.2, 0.25) is 0 Å². The van der Waals surface area contributed by atoms with Crippen molar-refractivity contribution in [2.45, 2.75) is 52.0 Å². The maximum atomic E-state index is 11.6. The van der Waals surface area contributed by atoms with Crippen LogP contribution in [0.15, 0.2) is 10.7 Å². The first kappa shape index (κ1) is 13.9. The second-order valence-electron chi connectivity index (χ2n) is 4.81. The van der Waals surface area contributed by atoms with Crippen LogP contribution >= 0.6 is 0 Å². The van der Waals surface area contributed by atoms with Crippen LogP contribution in [-0.4, -0.2) is 30.1 Å². The molecule has 5 nitrogen and oxygen atoms in total. The third-order valence-corrected chi connectivity index (χ3v) is 3.58. The van der Waals surface area contributed by atoms with Gasteiger partial charge in [-0.2, -0.15) is 4.98 Å². The lowest BCUT2D eigenvalue weighted by molar-refractivity contribution is 0.0519. The van der Waals surface area contributed by atoms with Crippen LogP contribution in [0.2, 0.25) is 0 Å².